The smallest absolute Gasteiger partial charge is 0.191 e. The normalized spacial score (nSPS) is 10.5. The van der Waals surface area contributed by atoms with Crippen molar-refractivity contribution in [1.82, 2.24) is 9.97 Å². The summed E-state index contributed by atoms with van der Waals surface area (Å²) in [6.07, 6.45) is 4.00. The number of aromatic nitrogens is 2. The van der Waals surface area contributed by atoms with Crippen LogP contribution in [0.1, 0.15) is 27.3 Å². The predicted molar refractivity (Wildman–Crippen MR) is 79.8 cm³/mol. The minimum Gasteiger partial charge on any atom is -0.496 e. The molecular weight excluding hydrogens is 284 g/mol. The third-order valence-corrected chi connectivity index (χ3v) is 3.39. The first-order valence-electron chi connectivity index (χ1n) is 6.90. The Bertz CT molecular complexity index is 619. The van der Waals surface area contributed by atoms with Crippen LogP contribution in [0.5, 0.6) is 5.75 Å². The average molecular weight is 302 g/mol. The molecule has 22 heavy (non-hydrogen) atoms. The van der Waals surface area contributed by atoms with Gasteiger partial charge in [0, 0.05) is 24.4 Å². The Hall–Kier alpha value is -2.31. The maximum atomic E-state index is 11.3. The second-order valence-corrected chi connectivity index (χ2v) is 4.73. The van der Waals surface area contributed by atoms with Crippen LogP contribution in [0, 0.1) is 0 Å². The fraction of sp³-hybridized carbons (Fsp3) is 0.312. The van der Waals surface area contributed by atoms with Gasteiger partial charge >= 0.3 is 0 Å². The van der Waals surface area contributed by atoms with E-state index in [1.165, 1.54) is 12.4 Å². The zero-order chi connectivity index (χ0) is 15.9. The number of benzene rings is 1. The summed E-state index contributed by atoms with van der Waals surface area (Å²) in [6, 6.07) is 5.53. The van der Waals surface area contributed by atoms with Gasteiger partial charge in [0.1, 0.15) is 18.2 Å². The Morgan fingerprint density at radius 1 is 1.18 bits per heavy atom. The van der Waals surface area contributed by atoms with Crippen LogP contribution >= 0.6 is 0 Å². The van der Waals surface area contributed by atoms with E-state index in [2.05, 4.69) is 9.97 Å². The fourth-order valence-electron chi connectivity index (χ4n) is 2.19. The molecule has 0 unspecified atom stereocenters. The molecule has 116 valence electrons. The molecule has 6 heteroatoms. The number of methoxy groups -OCH3 is 1. The molecule has 0 fully saturated rings. The van der Waals surface area contributed by atoms with Crippen LogP contribution in [-0.2, 0) is 19.4 Å². The zero-order valence-corrected chi connectivity index (χ0v) is 12.3. The summed E-state index contributed by atoms with van der Waals surface area (Å²) in [4.78, 5) is 19.6. The van der Waals surface area contributed by atoms with Gasteiger partial charge in [0.2, 0.25) is 0 Å². The lowest BCUT2D eigenvalue weighted by atomic mass is 10.0. The van der Waals surface area contributed by atoms with Crippen LogP contribution in [0.2, 0.25) is 0 Å². The van der Waals surface area contributed by atoms with Crippen molar-refractivity contribution in [3.8, 4) is 5.75 Å². The summed E-state index contributed by atoms with van der Waals surface area (Å²) in [6.45, 7) is -0.610. The fourth-order valence-corrected chi connectivity index (χ4v) is 2.19. The van der Waals surface area contributed by atoms with Crippen molar-refractivity contribution in [2.75, 3.05) is 13.7 Å². The third-order valence-electron chi connectivity index (χ3n) is 3.39. The number of carbonyl (C=O) groups excluding carboxylic acids is 1. The summed E-state index contributed by atoms with van der Waals surface area (Å²) < 4.78 is 5.32. The predicted octanol–water partition coefficient (Wildman–Crippen LogP) is 0.938. The number of aliphatic hydroxyl groups is 2. The van der Waals surface area contributed by atoms with Gasteiger partial charge in [0.25, 0.3) is 0 Å². The van der Waals surface area contributed by atoms with Crippen molar-refractivity contribution in [3.05, 3.63) is 53.1 Å². The molecule has 0 bridgehead atoms. The van der Waals surface area contributed by atoms with Crippen molar-refractivity contribution < 1.29 is 19.7 Å². The Morgan fingerprint density at radius 2 is 1.91 bits per heavy atom. The maximum absolute atomic E-state index is 11.3. The van der Waals surface area contributed by atoms with E-state index < -0.39 is 12.4 Å². The summed E-state index contributed by atoms with van der Waals surface area (Å²) in [5.41, 5.74) is 2.03. The van der Waals surface area contributed by atoms with Crippen LogP contribution in [0.15, 0.2) is 30.6 Å². The molecule has 0 aliphatic carbocycles. The number of ketones is 1. The molecule has 1 heterocycles. The van der Waals surface area contributed by atoms with Gasteiger partial charge < -0.3 is 14.9 Å². The number of rotatable bonds is 7. The van der Waals surface area contributed by atoms with Gasteiger partial charge in [-0.3, -0.25) is 4.79 Å². The molecular formula is C16H18N2O4. The van der Waals surface area contributed by atoms with E-state index in [1.807, 2.05) is 18.2 Å². The summed E-state index contributed by atoms with van der Waals surface area (Å²) in [5.74, 6) is 0.904. The minimum atomic E-state index is -0.552. The zero-order valence-electron chi connectivity index (χ0n) is 12.3. The number of nitrogens with zero attached hydrogens (tertiary/aromatic N) is 2. The summed E-state index contributed by atoms with van der Waals surface area (Å²) >= 11 is 0. The Balaban J connectivity index is 2.11. The van der Waals surface area contributed by atoms with Crippen LogP contribution in [0.3, 0.4) is 0 Å². The van der Waals surface area contributed by atoms with Gasteiger partial charge in [0.15, 0.2) is 5.78 Å². The number of aliphatic hydroxyl groups excluding tert-OH is 2. The third kappa shape index (κ3) is 3.66. The molecule has 1 aromatic heterocycles. The highest BCUT2D eigenvalue weighted by atomic mass is 16.5. The van der Waals surface area contributed by atoms with Gasteiger partial charge in [-0.2, -0.15) is 0 Å². The summed E-state index contributed by atoms with van der Waals surface area (Å²) in [5, 5.41) is 18.2. The number of hydrogen-bond acceptors (Lipinski definition) is 6. The van der Waals surface area contributed by atoms with Crippen molar-refractivity contribution in [3.63, 3.8) is 0 Å². The van der Waals surface area contributed by atoms with E-state index >= 15 is 0 Å². The largest absolute Gasteiger partial charge is 0.496 e. The molecule has 2 rings (SSSR count). The molecule has 2 N–H and O–H groups in total. The number of carbonyl (C=O) groups is 1. The molecule has 0 amide bonds. The van der Waals surface area contributed by atoms with Gasteiger partial charge in [-0.25, -0.2) is 9.97 Å². The molecule has 0 aliphatic heterocycles. The number of hydrogen-bond donors (Lipinski definition) is 2. The summed E-state index contributed by atoms with van der Waals surface area (Å²) in [7, 11) is 1.59. The van der Waals surface area contributed by atoms with Crippen molar-refractivity contribution >= 4 is 5.78 Å². The first-order valence-corrected chi connectivity index (χ1v) is 6.90. The molecule has 0 saturated carbocycles. The highest BCUT2D eigenvalue weighted by molar-refractivity contribution is 5.96. The molecule has 0 saturated heterocycles. The van der Waals surface area contributed by atoms with Crippen molar-refractivity contribution in [1.29, 1.82) is 0 Å². The first-order chi connectivity index (χ1) is 10.7. The Morgan fingerprint density at radius 3 is 2.50 bits per heavy atom. The van der Waals surface area contributed by atoms with Crippen LogP contribution in [-0.4, -0.2) is 39.7 Å². The molecule has 2 aromatic rings. The van der Waals surface area contributed by atoms with E-state index in [-0.39, 0.29) is 6.61 Å². The first kappa shape index (κ1) is 16.1. The molecule has 0 radical (unpaired) electrons. The van der Waals surface area contributed by atoms with Crippen LogP contribution < -0.4 is 4.74 Å². The molecule has 0 aliphatic rings. The lowest BCUT2D eigenvalue weighted by Gasteiger charge is -2.12. The quantitative estimate of drug-likeness (QED) is 0.739. The van der Waals surface area contributed by atoms with Gasteiger partial charge in [-0.05, 0) is 18.1 Å². The van der Waals surface area contributed by atoms with Gasteiger partial charge in [0.05, 0.1) is 19.3 Å². The van der Waals surface area contributed by atoms with Crippen molar-refractivity contribution in [2.45, 2.75) is 19.4 Å². The average Bonchev–Trinajstić information content (AvgIpc) is 2.59. The maximum Gasteiger partial charge on any atom is 0.191 e. The van der Waals surface area contributed by atoms with E-state index in [0.717, 1.165) is 16.9 Å². The Kier molecular flexibility index (Phi) is 5.57. The van der Waals surface area contributed by atoms with Gasteiger partial charge in [-0.1, -0.05) is 12.1 Å². The van der Waals surface area contributed by atoms with E-state index in [4.69, 9.17) is 9.84 Å². The molecule has 0 spiro atoms. The Labute approximate surface area is 128 Å². The highest BCUT2D eigenvalue weighted by Gasteiger charge is 2.10. The molecule has 0 atom stereocenters. The number of aryl methyl sites for hydroxylation is 1. The SMILES string of the molecule is COc1cccc(CO)c1CCc1ncc(C(=O)CO)cn1. The van der Waals surface area contributed by atoms with E-state index in [9.17, 15) is 9.90 Å². The monoisotopic (exact) mass is 302 g/mol. The van der Waals surface area contributed by atoms with E-state index in [0.29, 0.717) is 24.2 Å². The number of Topliss-reactive ketones (excluding diaryl/α,β-unsaturated/α-hetero) is 1. The topological polar surface area (TPSA) is 92.5 Å². The lowest BCUT2D eigenvalue weighted by molar-refractivity contribution is 0.0903. The molecule has 6 nitrogen and oxygen atoms in total. The standard InChI is InChI=1S/C16H18N2O4/c1-22-15-4-2-3-11(9-19)13(15)5-6-16-17-7-12(8-18-16)14(21)10-20/h2-4,7-8,19-20H,5-6,9-10H2,1H3. The molecule has 1 aromatic carbocycles. The van der Waals surface area contributed by atoms with Crippen LogP contribution in [0.25, 0.3) is 0 Å². The second kappa shape index (κ2) is 7.63. The highest BCUT2D eigenvalue weighted by Crippen LogP contribution is 2.23. The lowest BCUT2D eigenvalue weighted by Crippen LogP contribution is -2.08. The van der Waals surface area contributed by atoms with Crippen molar-refractivity contribution in [2.24, 2.45) is 0 Å². The van der Waals surface area contributed by atoms with Gasteiger partial charge in [-0.15, -0.1) is 0 Å². The van der Waals surface area contributed by atoms with Crippen LogP contribution in [0.4, 0.5) is 0 Å². The number of ether oxygens (including phenoxy) is 1. The minimum absolute atomic E-state index is 0.0582. The second-order valence-electron chi connectivity index (χ2n) is 4.73. The van der Waals surface area contributed by atoms with E-state index in [1.54, 1.807) is 7.11 Å².